The van der Waals surface area contributed by atoms with Crippen LogP contribution in [0.25, 0.3) is 0 Å². The molecule has 110 valence electrons. The first kappa shape index (κ1) is 16.1. The van der Waals surface area contributed by atoms with Gasteiger partial charge >= 0.3 is 0 Å². The fourth-order valence-electron chi connectivity index (χ4n) is 2.18. The van der Waals surface area contributed by atoms with Gasteiger partial charge in [-0.1, -0.05) is 6.08 Å². The van der Waals surface area contributed by atoms with Gasteiger partial charge in [0.2, 0.25) is 5.91 Å². The number of nitrogens with zero attached hydrogens (tertiary/aromatic N) is 1. The molecular weight excluding hydrogens is 244 g/mol. The van der Waals surface area contributed by atoms with Gasteiger partial charge in [0.1, 0.15) is 0 Å². The third-order valence-corrected chi connectivity index (χ3v) is 3.28. The second kappa shape index (κ2) is 9.07. The Bertz CT molecular complexity index is 276. The molecule has 1 amide bonds. The first-order chi connectivity index (χ1) is 9.19. The van der Waals surface area contributed by atoms with Crippen LogP contribution in [0.5, 0.6) is 0 Å². The minimum atomic E-state index is -0.451. The topological polar surface area (TPSA) is 64.8 Å². The van der Waals surface area contributed by atoms with Gasteiger partial charge in [-0.2, -0.15) is 0 Å². The van der Waals surface area contributed by atoms with Crippen LogP contribution < -0.4 is 5.73 Å². The van der Waals surface area contributed by atoms with Crippen LogP contribution in [-0.2, 0) is 14.3 Å². The standard InChI is InChI=1S/C14H26N2O3/c1-3-5-13(15)14(17)16-8-6-12(7-9-16)19-11-10-18-4-2/h3,12-13H,1,4-11,15H2,2H3. The molecule has 0 radical (unpaired) electrons. The van der Waals surface area contributed by atoms with E-state index < -0.39 is 6.04 Å². The molecule has 0 aromatic carbocycles. The van der Waals surface area contributed by atoms with E-state index in [2.05, 4.69) is 6.58 Å². The third kappa shape index (κ3) is 5.72. The van der Waals surface area contributed by atoms with Crippen molar-refractivity contribution < 1.29 is 14.3 Å². The molecule has 0 spiro atoms. The zero-order valence-electron chi connectivity index (χ0n) is 11.8. The lowest BCUT2D eigenvalue weighted by Gasteiger charge is -2.33. The molecule has 0 aromatic rings. The Hall–Kier alpha value is -0.910. The molecule has 19 heavy (non-hydrogen) atoms. The van der Waals surface area contributed by atoms with Gasteiger partial charge in [0.15, 0.2) is 0 Å². The van der Waals surface area contributed by atoms with Crippen LogP contribution in [0.2, 0.25) is 0 Å². The molecule has 1 unspecified atom stereocenters. The maximum absolute atomic E-state index is 12.0. The van der Waals surface area contributed by atoms with E-state index in [0.717, 1.165) is 32.5 Å². The van der Waals surface area contributed by atoms with E-state index in [1.807, 2.05) is 11.8 Å². The Morgan fingerprint density at radius 3 is 2.74 bits per heavy atom. The molecule has 1 heterocycles. The Morgan fingerprint density at radius 2 is 2.16 bits per heavy atom. The molecule has 1 saturated heterocycles. The lowest BCUT2D eigenvalue weighted by atomic mass is 10.1. The van der Waals surface area contributed by atoms with E-state index in [1.165, 1.54) is 0 Å². The van der Waals surface area contributed by atoms with Crippen molar-refractivity contribution in [2.24, 2.45) is 5.73 Å². The molecule has 1 rings (SSSR count). The van der Waals surface area contributed by atoms with Crippen LogP contribution in [0.3, 0.4) is 0 Å². The summed E-state index contributed by atoms with van der Waals surface area (Å²) in [6.45, 7) is 9.01. The molecule has 0 bridgehead atoms. The Balaban J connectivity index is 2.21. The first-order valence-electron chi connectivity index (χ1n) is 7.03. The van der Waals surface area contributed by atoms with Crippen LogP contribution in [0.1, 0.15) is 26.2 Å². The highest BCUT2D eigenvalue weighted by Crippen LogP contribution is 2.14. The zero-order chi connectivity index (χ0) is 14.1. The Labute approximate surface area is 115 Å². The van der Waals surface area contributed by atoms with E-state index >= 15 is 0 Å². The minimum absolute atomic E-state index is 0.0210. The van der Waals surface area contributed by atoms with Crippen molar-refractivity contribution in [1.82, 2.24) is 4.90 Å². The number of nitrogens with two attached hydrogens (primary N) is 1. The van der Waals surface area contributed by atoms with Gasteiger partial charge in [0, 0.05) is 19.7 Å². The lowest BCUT2D eigenvalue weighted by Crippen LogP contribution is -2.48. The van der Waals surface area contributed by atoms with Gasteiger partial charge in [0.25, 0.3) is 0 Å². The van der Waals surface area contributed by atoms with Crippen molar-refractivity contribution in [2.75, 3.05) is 32.9 Å². The monoisotopic (exact) mass is 270 g/mol. The number of likely N-dealkylation sites (tertiary alicyclic amines) is 1. The number of carbonyl (C=O) groups is 1. The molecule has 0 aliphatic carbocycles. The van der Waals surface area contributed by atoms with Gasteiger partial charge < -0.3 is 20.1 Å². The fourth-order valence-corrected chi connectivity index (χ4v) is 2.18. The van der Waals surface area contributed by atoms with Crippen molar-refractivity contribution in [2.45, 2.75) is 38.3 Å². The minimum Gasteiger partial charge on any atom is -0.379 e. The van der Waals surface area contributed by atoms with Crippen molar-refractivity contribution in [3.05, 3.63) is 12.7 Å². The number of ether oxygens (including phenoxy) is 2. The smallest absolute Gasteiger partial charge is 0.239 e. The normalized spacial score (nSPS) is 18.3. The predicted octanol–water partition coefficient (Wildman–Crippen LogP) is 0.934. The van der Waals surface area contributed by atoms with Crippen molar-refractivity contribution in [3.8, 4) is 0 Å². The van der Waals surface area contributed by atoms with E-state index in [4.69, 9.17) is 15.2 Å². The highest BCUT2D eigenvalue weighted by Gasteiger charge is 2.25. The van der Waals surface area contributed by atoms with Gasteiger partial charge in [-0.05, 0) is 26.2 Å². The number of hydrogen-bond acceptors (Lipinski definition) is 4. The SMILES string of the molecule is C=CCC(N)C(=O)N1CCC(OCCOCC)CC1. The summed E-state index contributed by atoms with van der Waals surface area (Å²) in [6.07, 6.45) is 4.20. The number of carbonyl (C=O) groups excluding carboxylic acids is 1. The Kier molecular flexibility index (Phi) is 7.70. The summed E-state index contributed by atoms with van der Waals surface area (Å²) in [5.74, 6) is 0.0210. The first-order valence-corrected chi connectivity index (χ1v) is 7.03. The van der Waals surface area contributed by atoms with Crippen LogP contribution in [0, 0.1) is 0 Å². The second-order valence-corrected chi connectivity index (χ2v) is 4.72. The molecule has 1 aliphatic heterocycles. The molecule has 2 N–H and O–H groups in total. The van der Waals surface area contributed by atoms with E-state index in [0.29, 0.717) is 19.6 Å². The maximum Gasteiger partial charge on any atom is 0.239 e. The molecule has 1 fully saturated rings. The van der Waals surface area contributed by atoms with Gasteiger partial charge in [-0.15, -0.1) is 6.58 Å². The average Bonchev–Trinajstić information content (AvgIpc) is 2.44. The predicted molar refractivity (Wildman–Crippen MR) is 74.8 cm³/mol. The van der Waals surface area contributed by atoms with Crippen LogP contribution in [0.15, 0.2) is 12.7 Å². The summed E-state index contributed by atoms with van der Waals surface area (Å²) in [6, 6.07) is -0.451. The number of hydrogen-bond donors (Lipinski definition) is 1. The third-order valence-electron chi connectivity index (χ3n) is 3.28. The molecule has 0 aromatic heterocycles. The summed E-state index contributed by atoms with van der Waals surface area (Å²) in [4.78, 5) is 13.8. The van der Waals surface area contributed by atoms with Crippen molar-refractivity contribution >= 4 is 5.91 Å². The quantitative estimate of drug-likeness (QED) is 0.526. The van der Waals surface area contributed by atoms with E-state index in [-0.39, 0.29) is 12.0 Å². The molecule has 1 atom stereocenters. The molecular formula is C14H26N2O3. The molecule has 0 saturated carbocycles. The molecule has 5 nitrogen and oxygen atoms in total. The summed E-state index contributed by atoms with van der Waals surface area (Å²) in [7, 11) is 0. The van der Waals surface area contributed by atoms with Gasteiger partial charge in [-0.3, -0.25) is 4.79 Å². The number of piperidine rings is 1. The van der Waals surface area contributed by atoms with Crippen LogP contribution in [-0.4, -0.2) is 55.9 Å². The highest BCUT2D eigenvalue weighted by molar-refractivity contribution is 5.81. The highest BCUT2D eigenvalue weighted by atomic mass is 16.5. The zero-order valence-corrected chi connectivity index (χ0v) is 11.8. The van der Waals surface area contributed by atoms with Gasteiger partial charge in [-0.25, -0.2) is 0 Å². The number of amides is 1. The maximum atomic E-state index is 12.0. The average molecular weight is 270 g/mol. The summed E-state index contributed by atoms with van der Waals surface area (Å²) in [5.41, 5.74) is 5.80. The molecule has 5 heteroatoms. The summed E-state index contributed by atoms with van der Waals surface area (Å²) in [5, 5.41) is 0. The van der Waals surface area contributed by atoms with Crippen molar-refractivity contribution in [3.63, 3.8) is 0 Å². The molecule has 1 aliphatic rings. The van der Waals surface area contributed by atoms with Crippen LogP contribution in [0.4, 0.5) is 0 Å². The van der Waals surface area contributed by atoms with E-state index in [1.54, 1.807) is 6.08 Å². The lowest BCUT2D eigenvalue weighted by molar-refractivity contribution is -0.135. The van der Waals surface area contributed by atoms with Gasteiger partial charge in [0.05, 0.1) is 25.4 Å². The summed E-state index contributed by atoms with van der Waals surface area (Å²) >= 11 is 0. The fraction of sp³-hybridized carbons (Fsp3) is 0.786. The number of rotatable bonds is 8. The second-order valence-electron chi connectivity index (χ2n) is 4.72. The Morgan fingerprint density at radius 1 is 1.47 bits per heavy atom. The summed E-state index contributed by atoms with van der Waals surface area (Å²) < 4.78 is 10.9. The largest absolute Gasteiger partial charge is 0.379 e. The van der Waals surface area contributed by atoms with Crippen LogP contribution >= 0.6 is 0 Å². The van der Waals surface area contributed by atoms with E-state index in [9.17, 15) is 4.79 Å². The van der Waals surface area contributed by atoms with Crippen molar-refractivity contribution in [1.29, 1.82) is 0 Å².